The normalized spacial score (nSPS) is 13.3. The Morgan fingerprint density at radius 2 is 1.74 bits per heavy atom. The lowest BCUT2D eigenvalue weighted by Gasteiger charge is -2.31. The molecule has 124 valence electrons. The van der Waals surface area contributed by atoms with Gasteiger partial charge in [-0.2, -0.15) is 0 Å². The van der Waals surface area contributed by atoms with Crippen LogP contribution in [0.3, 0.4) is 0 Å². The number of fused-ring (bicyclic) bond motifs is 1. The molecule has 0 aliphatic rings. The second-order valence-corrected chi connectivity index (χ2v) is 6.30. The fraction of sp³-hybridized carbons (Fsp3) is 0.375. The van der Waals surface area contributed by atoms with Gasteiger partial charge in [-0.15, -0.1) is 0 Å². The number of carboxylic acids is 1. The number of alkyl halides is 1. The van der Waals surface area contributed by atoms with Gasteiger partial charge in [0.2, 0.25) is 5.43 Å². The Morgan fingerprint density at radius 3 is 2.17 bits per heavy atom. The highest BCUT2D eigenvalue weighted by Gasteiger charge is 2.30. The molecule has 0 amide bonds. The number of pyridine rings is 1. The maximum atomic E-state index is 14.1. The van der Waals surface area contributed by atoms with Crippen LogP contribution in [0.1, 0.15) is 49.9 Å². The Kier molecular flexibility index (Phi) is 4.00. The second-order valence-electron chi connectivity index (χ2n) is 6.30. The van der Waals surface area contributed by atoms with Gasteiger partial charge in [-0.3, -0.25) is 4.79 Å². The zero-order valence-corrected chi connectivity index (χ0v) is 13.1. The van der Waals surface area contributed by atoms with Crippen LogP contribution in [-0.2, 0) is 5.54 Å². The van der Waals surface area contributed by atoms with Gasteiger partial charge in [-0.1, -0.05) is 0 Å². The number of carbonyl (C=O) groups is 1. The van der Waals surface area contributed by atoms with Crippen molar-refractivity contribution in [2.75, 3.05) is 0 Å². The number of aromatic carboxylic acids is 1. The number of hydrogen-bond donors (Lipinski definition) is 1. The van der Waals surface area contributed by atoms with Crippen LogP contribution >= 0.6 is 0 Å². The number of nitrogens with zero attached hydrogens (tertiary/aromatic N) is 1. The summed E-state index contributed by atoms with van der Waals surface area (Å²) < 4.78 is 42.5. The Morgan fingerprint density at radius 1 is 1.22 bits per heavy atom. The lowest BCUT2D eigenvalue weighted by atomic mass is 9.99. The molecule has 1 aromatic heterocycles. The first-order chi connectivity index (χ1) is 10.5. The lowest BCUT2D eigenvalue weighted by molar-refractivity contribution is 0.0690. The SMILES string of the molecule is CC(F)c1c(C(=O)O)c(=O)c2cc(F)c(F)cc2n1C(C)(C)C. The van der Waals surface area contributed by atoms with E-state index in [2.05, 4.69) is 0 Å². The highest BCUT2D eigenvalue weighted by atomic mass is 19.2. The summed E-state index contributed by atoms with van der Waals surface area (Å²) in [5, 5.41) is 9.02. The third-order valence-electron chi connectivity index (χ3n) is 3.51. The second kappa shape index (κ2) is 5.40. The number of carboxylic acid groups (broad SMARTS) is 1. The van der Waals surface area contributed by atoms with Crippen LogP contribution in [0.5, 0.6) is 0 Å². The minimum atomic E-state index is -1.79. The van der Waals surface area contributed by atoms with Crippen LogP contribution in [0.25, 0.3) is 10.9 Å². The number of rotatable bonds is 2. The summed E-state index contributed by atoms with van der Waals surface area (Å²) in [6.07, 6.45) is -1.79. The van der Waals surface area contributed by atoms with Crippen molar-refractivity contribution in [1.29, 1.82) is 0 Å². The van der Waals surface area contributed by atoms with Gasteiger partial charge in [0, 0.05) is 17.0 Å². The average molecular weight is 327 g/mol. The number of hydrogen-bond acceptors (Lipinski definition) is 2. The molecule has 0 spiro atoms. The van der Waals surface area contributed by atoms with E-state index in [0.717, 1.165) is 13.0 Å². The Bertz CT molecular complexity index is 864. The molecule has 1 heterocycles. The molecule has 0 aliphatic carbocycles. The fourth-order valence-electron chi connectivity index (χ4n) is 2.70. The number of aromatic nitrogens is 1. The molecule has 1 N–H and O–H groups in total. The van der Waals surface area contributed by atoms with Crippen molar-refractivity contribution < 1.29 is 23.1 Å². The van der Waals surface area contributed by atoms with Crippen LogP contribution in [0.2, 0.25) is 0 Å². The van der Waals surface area contributed by atoms with Gasteiger partial charge in [0.25, 0.3) is 0 Å². The zero-order chi connectivity index (χ0) is 17.7. The Hall–Kier alpha value is -2.31. The predicted molar refractivity (Wildman–Crippen MR) is 79.6 cm³/mol. The van der Waals surface area contributed by atoms with Crippen molar-refractivity contribution in [1.82, 2.24) is 4.57 Å². The third-order valence-corrected chi connectivity index (χ3v) is 3.51. The highest BCUT2D eigenvalue weighted by molar-refractivity contribution is 5.94. The summed E-state index contributed by atoms with van der Waals surface area (Å²) in [6.45, 7) is 6.04. The number of benzene rings is 1. The molecular formula is C16H16F3NO3. The van der Waals surface area contributed by atoms with Crippen molar-refractivity contribution in [2.45, 2.75) is 39.4 Å². The third kappa shape index (κ3) is 2.71. The predicted octanol–water partition coefficient (Wildman–Crippen LogP) is 3.76. The summed E-state index contributed by atoms with van der Waals surface area (Å²) in [4.78, 5) is 23.9. The maximum absolute atomic E-state index is 14.1. The van der Waals surface area contributed by atoms with Gasteiger partial charge >= 0.3 is 5.97 Å². The van der Waals surface area contributed by atoms with E-state index in [1.807, 2.05) is 0 Å². The molecule has 4 nitrogen and oxygen atoms in total. The first-order valence-corrected chi connectivity index (χ1v) is 6.92. The maximum Gasteiger partial charge on any atom is 0.341 e. The smallest absolute Gasteiger partial charge is 0.341 e. The molecule has 1 aromatic carbocycles. The quantitative estimate of drug-likeness (QED) is 0.913. The molecular weight excluding hydrogens is 311 g/mol. The molecule has 2 aromatic rings. The topological polar surface area (TPSA) is 59.3 Å². The van der Waals surface area contributed by atoms with Gasteiger partial charge < -0.3 is 9.67 Å². The van der Waals surface area contributed by atoms with E-state index in [1.165, 1.54) is 4.57 Å². The monoisotopic (exact) mass is 327 g/mol. The Labute approximate surface area is 130 Å². The van der Waals surface area contributed by atoms with Crippen LogP contribution in [-0.4, -0.2) is 15.6 Å². The minimum absolute atomic E-state index is 0.0501. The molecule has 0 fully saturated rings. The van der Waals surface area contributed by atoms with Crippen LogP contribution in [0.15, 0.2) is 16.9 Å². The van der Waals surface area contributed by atoms with E-state index in [1.54, 1.807) is 20.8 Å². The summed E-state index contributed by atoms with van der Waals surface area (Å²) in [5.41, 5.74) is -3.09. The van der Waals surface area contributed by atoms with Crippen LogP contribution < -0.4 is 5.43 Å². The van der Waals surface area contributed by atoms with Crippen molar-refractivity contribution in [3.05, 3.63) is 45.2 Å². The van der Waals surface area contributed by atoms with Gasteiger partial charge in [-0.05, 0) is 33.8 Å². The molecule has 23 heavy (non-hydrogen) atoms. The van der Waals surface area contributed by atoms with E-state index in [0.29, 0.717) is 6.07 Å². The molecule has 2 rings (SSSR count). The average Bonchev–Trinajstić information content (AvgIpc) is 2.38. The van der Waals surface area contributed by atoms with Crippen LogP contribution in [0, 0.1) is 11.6 Å². The Balaban J connectivity index is 3.23. The standard InChI is InChI=1S/C16H16F3NO3/c1-7(17)13-12(15(22)23)14(21)8-5-9(18)10(19)6-11(8)20(13)16(2,3)4/h5-7H,1-4H3,(H,22,23). The van der Waals surface area contributed by atoms with E-state index in [9.17, 15) is 27.9 Å². The highest BCUT2D eigenvalue weighted by Crippen LogP contribution is 2.31. The van der Waals surface area contributed by atoms with Gasteiger partial charge in [0.15, 0.2) is 11.6 Å². The van der Waals surface area contributed by atoms with E-state index in [4.69, 9.17) is 0 Å². The fourth-order valence-corrected chi connectivity index (χ4v) is 2.70. The zero-order valence-electron chi connectivity index (χ0n) is 13.1. The molecule has 0 saturated carbocycles. The molecule has 0 radical (unpaired) electrons. The van der Waals surface area contributed by atoms with E-state index >= 15 is 0 Å². The van der Waals surface area contributed by atoms with Crippen molar-refractivity contribution >= 4 is 16.9 Å². The van der Waals surface area contributed by atoms with Gasteiger partial charge in [0.05, 0.1) is 11.2 Å². The summed E-state index contributed by atoms with van der Waals surface area (Å²) >= 11 is 0. The first kappa shape index (κ1) is 17.1. The van der Waals surface area contributed by atoms with Crippen molar-refractivity contribution in [2.24, 2.45) is 0 Å². The summed E-state index contributed by atoms with van der Waals surface area (Å²) in [6, 6.07) is 1.43. The minimum Gasteiger partial charge on any atom is -0.477 e. The molecule has 0 saturated heterocycles. The van der Waals surface area contributed by atoms with E-state index < -0.39 is 40.3 Å². The van der Waals surface area contributed by atoms with Gasteiger partial charge in [-0.25, -0.2) is 18.0 Å². The van der Waals surface area contributed by atoms with Gasteiger partial charge in [0.1, 0.15) is 11.7 Å². The van der Waals surface area contributed by atoms with Crippen molar-refractivity contribution in [3.63, 3.8) is 0 Å². The first-order valence-electron chi connectivity index (χ1n) is 6.92. The lowest BCUT2D eigenvalue weighted by Crippen LogP contribution is -2.33. The molecule has 7 heteroatoms. The largest absolute Gasteiger partial charge is 0.477 e. The molecule has 1 atom stereocenters. The van der Waals surface area contributed by atoms with Crippen molar-refractivity contribution in [3.8, 4) is 0 Å². The molecule has 1 unspecified atom stereocenters. The number of halogens is 3. The van der Waals surface area contributed by atoms with Crippen LogP contribution in [0.4, 0.5) is 13.2 Å². The summed E-state index contributed by atoms with van der Waals surface area (Å²) in [7, 11) is 0. The van der Waals surface area contributed by atoms with E-state index in [-0.39, 0.29) is 16.6 Å². The molecule has 0 aliphatic heterocycles. The molecule has 0 bridgehead atoms. The summed E-state index contributed by atoms with van der Waals surface area (Å²) in [5.74, 6) is -4.08.